The van der Waals surface area contributed by atoms with E-state index in [0.29, 0.717) is 6.54 Å². The Bertz CT molecular complexity index is 903. The quantitative estimate of drug-likeness (QED) is 0.748. The van der Waals surface area contributed by atoms with Crippen LogP contribution in [0.3, 0.4) is 0 Å². The fourth-order valence-electron chi connectivity index (χ4n) is 3.15. The van der Waals surface area contributed by atoms with Crippen molar-refractivity contribution >= 4 is 23.4 Å². The highest BCUT2D eigenvalue weighted by molar-refractivity contribution is 5.85. The third-order valence-corrected chi connectivity index (χ3v) is 4.31. The van der Waals surface area contributed by atoms with Crippen molar-refractivity contribution in [1.82, 2.24) is 9.88 Å². The molecular weight excluding hydrogens is 286 g/mol. The molecule has 4 rings (SSSR count). The lowest BCUT2D eigenvalue weighted by Crippen LogP contribution is -2.22. The molecule has 0 amide bonds. The van der Waals surface area contributed by atoms with Gasteiger partial charge in [-0.05, 0) is 49.3 Å². The van der Waals surface area contributed by atoms with E-state index in [9.17, 15) is 5.26 Å². The summed E-state index contributed by atoms with van der Waals surface area (Å²) in [5.41, 5.74) is 7.69. The minimum absolute atomic E-state index is 0.694. The molecule has 0 N–H and O–H groups in total. The predicted molar refractivity (Wildman–Crippen MR) is 90.3 cm³/mol. The Morgan fingerprint density at radius 1 is 1.22 bits per heavy atom. The summed E-state index contributed by atoms with van der Waals surface area (Å²) in [6, 6.07) is 10.9. The number of pyridine rings is 1. The fraction of sp³-hybridized carbons (Fsp3) is 0.211. The average molecular weight is 303 g/mol. The molecule has 0 radical (unpaired) electrons. The normalized spacial score (nSPS) is 15.3. The van der Waals surface area contributed by atoms with Crippen molar-refractivity contribution in [3.05, 3.63) is 58.3 Å². The molecule has 0 spiro atoms. The molecule has 0 saturated carbocycles. The van der Waals surface area contributed by atoms with Gasteiger partial charge < -0.3 is 9.69 Å². The Labute approximate surface area is 135 Å². The van der Waals surface area contributed by atoms with Crippen LogP contribution in [0.2, 0.25) is 0 Å². The number of carbonyl (C=O) groups is 1. The number of fused-ring (bicyclic) bond motifs is 4. The predicted octanol–water partition coefficient (Wildman–Crippen LogP) is 3.37. The molecule has 0 atom stereocenters. The number of carbonyl (C=O) groups excluding carboxylic acids is 1. The van der Waals surface area contributed by atoms with E-state index in [4.69, 9.17) is 9.78 Å². The summed E-state index contributed by atoms with van der Waals surface area (Å²) < 4.78 is 0. The Morgan fingerprint density at radius 3 is 2.74 bits per heavy atom. The molecule has 0 fully saturated rings. The minimum Gasteiger partial charge on any atom is -0.360 e. The second kappa shape index (κ2) is 5.69. The second-order valence-corrected chi connectivity index (χ2v) is 5.85. The number of aryl methyl sites for hydroxylation is 1. The van der Waals surface area contributed by atoms with E-state index >= 15 is 0 Å². The van der Waals surface area contributed by atoms with Crippen LogP contribution in [-0.4, -0.2) is 23.2 Å². The van der Waals surface area contributed by atoms with Crippen LogP contribution in [0.5, 0.6) is 0 Å². The fourth-order valence-corrected chi connectivity index (χ4v) is 3.15. The zero-order valence-electron chi connectivity index (χ0n) is 13.3. The van der Waals surface area contributed by atoms with Gasteiger partial charge in [0, 0.05) is 11.9 Å². The highest BCUT2D eigenvalue weighted by Crippen LogP contribution is 2.37. The average Bonchev–Trinajstić information content (AvgIpc) is 2.90. The molecule has 0 aliphatic carbocycles. The topological polar surface area (TPSA) is 57.0 Å². The van der Waals surface area contributed by atoms with Gasteiger partial charge in [-0.25, -0.2) is 4.98 Å². The van der Waals surface area contributed by atoms with Crippen LogP contribution in [-0.2, 0) is 11.3 Å². The highest BCUT2D eigenvalue weighted by Gasteiger charge is 2.29. The molecule has 1 aromatic carbocycles. The van der Waals surface area contributed by atoms with Crippen molar-refractivity contribution in [1.29, 1.82) is 5.26 Å². The molecule has 2 aliphatic rings. The van der Waals surface area contributed by atoms with Crippen molar-refractivity contribution in [2.24, 2.45) is 0 Å². The summed E-state index contributed by atoms with van der Waals surface area (Å²) in [5.74, 6) is 0. The van der Waals surface area contributed by atoms with Crippen molar-refractivity contribution < 1.29 is 4.79 Å². The van der Waals surface area contributed by atoms with Gasteiger partial charge in [0.2, 0.25) is 0 Å². The molecule has 4 heteroatoms. The van der Waals surface area contributed by atoms with Crippen molar-refractivity contribution in [3.63, 3.8) is 0 Å². The maximum atomic E-state index is 9.20. The van der Waals surface area contributed by atoms with Gasteiger partial charge in [-0.15, -0.1) is 0 Å². The van der Waals surface area contributed by atoms with Crippen LogP contribution in [0.15, 0.2) is 41.5 Å². The molecule has 4 nitrogen and oxygen atoms in total. The van der Waals surface area contributed by atoms with Gasteiger partial charge in [0.1, 0.15) is 6.79 Å². The SMILES string of the molecule is C=O.CC1=C(C#N)CN2Cc3cc4cc(C)ccc4nc3C2=C1. The largest absolute Gasteiger partial charge is 0.360 e. The summed E-state index contributed by atoms with van der Waals surface area (Å²) in [5, 5.41) is 10.4. The monoisotopic (exact) mass is 303 g/mol. The number of allylic oxidation sites excluding steroid dienone is 2. The van der Waals surface area contributed by atoms with E-state index in [1.54, 1.807) is 0 Å². The van der Waals surface area contributed by atoms with E-state index in [1.165, 1.54) is 16.5 Å². The number of rotatable bonds is 0. The van der Waals surface area contributed by atoms with Crippen LogP contribution in [0, 0.1) is 18.3 Å². The molecule has 2 aromatic rings. The molecule has 0 bridgehead atoms. The van der Waals surface area contributed by atoms with E-state index in [2.05, 4.69) is 48.2 Å². The van der Waals surface area contributed by atoms with Gasteiger partial charge in [0.25, 0.3) is 0 Å². The van der Waals surface area contributed by atoms with Crippen LogP contribution >= 0.6 is 0 Å². The maximum absolute atomic E-state index is 9.20. The third-order valence-electron chi connectivity index (χ3n) is 4.31. The molecule has 0 saturated heterocycles. The molecule has 23 heavy (non-hydrogen) atoms. The Balaban J connectivity index is 0.000000753. The van der Waals surface area contributed by atoms with E-state index in [1.807, 2.05) is 13.7 Å². The number of nitriles is 1. The summed E-state index contributed by atoms with van der Waals surface area (Å²) in [6.07, 6.45) is 2.10. The zero-order valence-corrected chi connectivity index (χ0v) is 13.3. The smallest absolute Gasteiger partial charge is 0.106 e. The van der Waals surface area contributed by atoms with Crippen molar-refractivity contribution in [2.75, 3.05) is 6.54 Å². The molecular formula is C19H17N3O. The van der Waals surface area contributed by atoms with Crippen molar-refractivity contribution in [2.45, 2.75) is 20.4 Å². The molecule has 3 heterocycles. The molecule has 114 valence electrons. The van der Waals surface area contributed by atoms with Crippen LogP contribution in [0.1, 0.15) is 23.7 Å². The van der Waals surface area contributed by atoms with E-state index in [-0.39, 0.29) is 0 Å². The van der Waals surface area contributed by atoms with Crippen molar-refractivity contribution in [3.8, 4) is 6.07 Å². The number of hydrogen-bond acceptors (Lipinski definition) is 4. The second-order valence-electron chi connectivity index (χ2n) is 5.85. The first-order valence-corrected chi connectivity index (χ1v) is 7.42. The standard InChI is InChI=1S/C18H15N3.CH2O/c1-11-3-4-16-13(5-11)7-14-9-21-10-15(8-19)12(2)6-17(21)18(14)20-16;1-2/h3-7H,9-10H2,1-2H3;1H2. The summed E-state index contributed by atoms with van der Waals surface area (Å²) >= 11 is 0. The molecule has 2 aliphatic heterocycles. The highest BCUT2D eigenvalue weighted by atomic mass is 16.1. The van der Waals surface area contributed by atoms with Gasteiger partial charge in [0.15, 0.2) is 0 Å². The summed E-state index contributed by atoms with van der Waals surface area (Å²) in [4.78, 5) is 15.1. The maximum Gasteiger partial charge on any atom is 0.106 e. The first kappa shape index (κ1) is 15.0. The Kier molecular flexibility index (Phi) is 3.71. The Hall–Kier alpha value is -2.93. The Morgan fingerprint density at radius 2 is 2.00 bits per heavy atom. The number of benzene rings is 1. The van der Waals surface area contributed by atoms with Gasteiger partial charge in [-0.1, -0.05) is 11.6 Å². The van der Waals surface area contributed by atoms with Gasteiger partial charge in [0.05, 0.1) is 35.1 Å². The minimum atomic E-state index is 0.694. The van der Waals surface area contributed by atoms with E-state index in [0.717, 1.165) is 34.6 Å². The van der Waals surface area contributed by atoms with Gasteiger partial charge in [-0.2, -0.15) is 5.26 Å². The summed E-state index contributed by atoms with van der Waals surface area (Å²) in [6.45, 7) is 7.65. The lowest BCUT2D eigenvalue weighted by molar-refractivity contribution is -0.0979. The number of hydrogen-bond donors (Lipinski definition) is 0. The first-order chi connectivity index (χ1) is 11.2. The lowest BCUT2D eigenvalue weighted by Gasteiger charge is -2.24. The van der Waals surface area contributed by atoms with E-state index < -0.39 is 0 Å². The van der Waals surface area contributed by atoms with Crippen LogP contribution < -0.4 is 0 Å². The summed E-state index contributed by atoms with van der Waals surface area (Å²) in [7, 11) is 0. The van der Waals surface area contributed by atoms with Gasteiger partial charge in [-0.3, -0.25) is 0 Å². The lowest BCUT2D eigenvalue weighted by atomic mass is 10.0. The van der Waals surface area contributed by atoms with Gasteiger partial charge >= 0.3 is 0 Å². The number of nitrogens with zero attached hydrogens (tertiary/aromatic N) is 3. The van der Waals surface area contributed by atoms with Crippen LogP contribution in [0.4, 0.5) is 0 Å². The zero-order chi connectivity index (χ0) is 16.6. The number of aromatic nitrogens is 1. The molecule has 0 unspecified atom stereocenters. The first-order valence-electron chi connectivity index (χ1n) is 7.42. The van der Waals surface area contributed by atoms with Crippen LogP contribution in [0.25, 0.3) is 16.6 Å². The third kappa shape index (κ3) is 2.40. The molecule has 1 aromatic heterocycles.